The van der Waals surface area contributed by atoms with E-state index in [2.05, 4.69) is 36.4 Å². The Balaban J connectivity index is 2.85. The van der Waals surface area contributed by atoms with Crippen molar-refractivity contribution < 1.29 is 14.6 Å². The summed E-state index contributed by atoms with van der Waals surface area (Å²) in [5.74, 6) is 3.20. The van der Waals surface area contributed by atoms with Crippen molar-refractivity contribution in [3.63, 3.8) is 0 Å². The van der Waals surface area contributed by atoms with Gasteiger partial charge in [-0.25, -0.2) is 4.79 Å². The van der Waals surface area contributed by atoms with Crippen LogP contribution >= 0.6 is 0 Å². The minimum absolute atomic E-state index is 0.0162. The van der Waals surface area contributed by atoms with Gasteiger partial charge in [-0.15, -0.1) is 5.54 Å². The monoisotopic (exact) mass is 347 g/mol. The van der Waals surface area contributed by atoms with Crippen LogP contribution in [-0.4, -0.2) is 31.5 Å². The number of aliphatic hydroxyl groups excluding tert-OH is 1. The van der Waals surface area contributed by atoms with E-state index in [0.717, 1.165) is 11.1 Å². The van der Waals surface area contributed by atoms with Crippen LogP contribution in [0.15, 0.2) is 24.3 Å². The maximum absolute atomic E-state index is 12.0. The highest BCUT2D eigenvalue weighted by Crippen LogP contribution is 2.18. The standard InChI is InChI=1S/C19H29NO3Si/c1-19(2,3)23-18(22)20-17(11-13-21)16-9-7-15(8-10-16)12-14-24(4,5)6/h7-10,17,21H,11,13H2,1-6H3,(H,20,22)/t17-/m0/s1. The van der Waals surface area contributed by atoms with E-state index in [0.29, 0.717) is 6.42 Å². The Bertz CT molecular complexity index is 601. The lowest BCUT2D eigenvalue weighted by molar-refractivity contribution is 0.0496. The smallest absolute Gasteiger partial charge is 0.408 e. The van der Waals surface area contributed by atoms with Crippen LogP contribution in [0, 0.1) is 11.5 Å². The van der Waals surface area contributed by atoms with E-state index < -0.39 is 19.8 Å². The van der Waals surface area contributed by atoms with Gasteiger partial charge < -0.3 is 15.2 Å². The quantitative estimate of drug-likeness (QED) is 0.642. The molecule has 1 aromatic rings. The van der Waals surface area contributed by atoms with Crippen molar-refractivity contribution in [2.45, 2.75) is 58.5 Å². The van der Waals surface area contributed by atoms with E-state index in [1.54, 1.807) is 0 Å². The molecule has 0 aliphatic carbocycles. The van der Waals surface area contributed by atoms with Crippen molar-refractivity contribution >= 4 is 14.2 Å². The summed E-state index contributed by atoms with van der Waals surface area (Å²) in [4.78, 5) is 12.0. The summed E-state index contributed by atoms with van der Waals surface area (Å²) < 4.78 is 5.29. The molecule has 0 unspecified atom stereocenters. The second kappa shape index (κ2) is 8.36. The third kappa shape index (κ3) is 8.18. The summed E-state index contributed by atoms with van der Waals surface area (Å²) in [6.07, 6.45) is -0.0531. The molecule has 0 saturated carbocycles. The van der Waals surface area contributed by atoms with Gasteiger partial charge in [0.05, 0.1) is 6.04 Å². The van der Waals surface area contributed by atoms with Crippen LogP contribution in [0.3, 0.4) is 0 Å². The highest BCUT2D eigenvalue weighted by Gasteiger charge is 2.20. The number of benzene rings is 1. The zero-order valence-electron chi connectivity index (χ0n) is 15.6. The first-order valence-corrected chi connectivity index (χ1v) is 11.7. The van der Waals surface area contributed by atoms with Gasteiger partial charge in [0.25, 0.3) is 0 Å². The first-order chi connectivity index (χ1) is 11.0. The maximum atomic E-state index is 12.0. The van der Waals surface area contributed by atoms with Crippen molar-refractivity contribution in [2.75, 3.05) is 6.61 Å². The van der Waals surface area contributed by atoms with Gasteiger partial charge in [0.1, 0.15) is 13.7 Å². The predicted molar refractivity (Wildman–Crippen MR) is 100 cm³/mol. The molecule has 0 aliphatic rings. The SMILES string of the molecule is CC(C)(C)OC(=O)N[C@@H](CCO)c1ccc(C#C[Si](C)(C)C)cc1. The molecule has 0 fully saturated rings. The highest BCUT2D eigenvalue weighted by molar-refractivity contribution is 6.83. The van der Waals surface area contributed by atoms with Crippen molar-refractivity contribution in [1.82, 2.24) is 5.32 Å². The Morgan fingerprint density at radius 1 is 1.25 bits per heavy atom. The largest absolute Gasteiger partial charge is 0.444 e. The number of nitrogens with one attached hydrogen (secondary N) is 1. The predicted octanol–water partition coefficient (Wildman–Crippen LogP) is 3.86. The minimum Gasteiger partial charge on any atom is -0.444 e. The number of hydrogen-bond acceptors (Lipinski definition) is 3. The molecular formula is C19H29NO3Si. The number of hydrogen-bond donors (Lipinski definition) is 2. The molecule has 0 aliphatic heterocycles. The summed E-state index contributed by atoms with van der Waals surface area (Å²) in [6, 6.07) is 7.48. The van der Waals surface area contributed by atoms with Crippen LogP contribution in [0.4, 0.5) is 4.79 Å². The summed E-state index contributed by atoms with van der Waals surface area (Å²) >= 11 is 0. The lowest BCUT2D eigenvalue weighted by Crippen LogP contribution is -2.35. The summed E-state index contributed by atoms with van der Waals surface area (Å²) in [6.45, 7) is 12.1. The fourth-order valence-corrected chi connectivity index (χ4v) is 2.48. The molecule has 2 N–H and O–H groups in total. The summed E-state index contributed by atoms with van der Waals surface area (Å²) in [7, 11) is -1.40. The Labute approximate surface area is 146 Å². The molecular weight excluding hydrogens is 318 g/mol. The molecule has 0 radical (unpaired) electrons. The fourth-order valence-electron chi connectivity index (χ4n) is 1.96. The zero-order chi connectivity index (χ0) is 18.4. The van der Waals surface area contributed by atoms with Gasteiger partial charge in [-0.2, -0.15) is 0 Å². The van der Waals surface area contributed by atoms with Gasteiger partial charge in [0, 0.05) is 12.2 Å². The summed E-state index contributed by atoms with van der Waals surface area (Å²) in [5, 5.41) is 12.1. The topological polar surface area (TPSA) is 58.6 Å². The van der Waals surface area contributed by atoms with Crippen molar-refractivity contribution in [2.24, 2.45) is 0 Å². The third-order valence-electron chi connectivity index (χ3n) is 3.00. The molecule has 1 aromatic carbocycles. The van der Waals surface area contributed by atoms with Gasteiger partial charge in [-0.3, -0.25) is 0 Å². The molecule has 24 heavy (non-hydrogen) atoms. The Kier molecular flexibility index (Phi) is 7.06. The lowest BCUT2D eigenvalue weighted by atomic mass is 10.0. The Morgan fingerprint density at radius 2 is 1.83 bits per heavy atom. The lowest BCUT2D eigenvalue weighted by Gasteiger charge is -2.23. The van der Waals surface area contributed by atoms with Gasteiger partial charge in [0.2, 0.25) is 0 Å². The van der Waals surface area contributed by atoms with Crippen molar-refractivity contribution in [1.29, 1.82) is 0 Å². The van der Waals surface area contributed by atoms with Crippen LogP contribution < -0.4 is 5.32 Å². The molecule has 0 saturated heterocycles. The van der Waals surface area contributed by atoms with E-state index in [1.165, 1.54) is 0 Å². The van der Waals surface area contributed by atoms with Crippen LogP contribution in [0.2, 0.25) is 19.6 Å². The number of ether oxygens (including phenoxy) is 1. The Hall–Kier alpha value is -1.77. The van der Waals surface area contributed by atoms with Crippen LogP contribution in [0.5, 0.6) is 0 Å². The van der Waals surface area contributed by atoms with Gasteiger partial charge in [0.15, 0.2) is 0 Å². The van der Waals surface area contributed by atoms with E-state index in [4.69, 9.17) is 4.74 Å². The number of alkyl carbamates (subject to hydrolysis) is 1. The van der Waals surface area contributed by atoms with Gasteiger partial charge in [-0.05, 0) is 44.9 Å². The molecule has 4 nitrogen and oxygen atoms in total. The van der Waals surface area contributed by atoms with Crippen LogP contribution in [0.25, 0.3) is 0 Å². The van der Waals surface area contributed by atoms with Crippen molar-refractivity contribution in [3.05, 3.63) is 35.4 Å². The second-order valence-electron chi connectivity index (χ2n) is 7.83. The molecule has 1 atom stereocenters. The van der Waals surface area contributed by atoms with E-state index >= 15 is 0 Å². The zero-order valence-corrected chi connectivity index (χ0v) is 16.6. The fraction of sp³-hybridized carbons (Fsp3) is 0.526. The number of carbonyl (C=O) groups is 1. The first kappa shape index (κ1) is 20.3. The van der Waals surface area contributed by atoms with Gasteiger partial charge in [-0.1, -0.05) is 37.7 Å². The molecule has 1 amide bonds. The molecule has 1 rings (SSSR count). The molecule has 0 aromatic heterocycles. The average Bonchev–Trinajstić information content (AvgIpc) is 2.42. The Morgan fingerprint density at radius 3 is 2.29 bits per heavy atom. The van der Waals surface area contributed by atoms with Crippen molar-refractivity contribution in [3.8, 4) is 11.5 Å². The van der Waals surface area contributed by atoms with Crippen LogP contribution in [0.1, 0.15) is 44.4 Å². The number of carbonyl (C=O) groups excluding carboxylic acids is 1. The molecule has 132 valence electrons. The molecule has 0 bridgehead atoms. The maximum Gasteiger partial charge on any atom is 0.408 e. The third-order valence-corrected chi connectivity index (χ3v) is 3.88. The van der Waals surface area contributed by atoms with Crippen LogP contribution in [-0.2, 0) is 4.74 Å². The van der Waals surface area contributed by atoms with E-state index in [-0.39, 0.29) is 12.6 Å². The number of rotatable bonds is 4. The highest BCUT2D eigenvalue weighted by atomic mass is 28.3. The number of aliphatic hydroxyl groups is 1. The first-order valence-electron chi connectivity index (χ1n) is 8.24. The average molecular weight is 348 g/mol. The molecule has 5 heteroatoms. The van der Waals surface area contributed by atoms with Gasteiger partial charge >= 0.3 is 6.09 Å². The van der Waals surface area contributed by atoms with E-state index in [1.807, 2.05) is 45.0 Å². The minimum atomic E-state index is -1.40. The molecule has 0 heterocycles. The summed E-state index contributed by atoms with van der Waals surface area (Å²) in [5.41, 5.74) is 4.66. The molecule has 0 spiro atoms. The number of amides is 1. The van der Waals surface area contributed by atoms with E-state index in [9.17, 15) is 9.90 Å². The second-order valence-corrected chi connectivity index (χ2v) is 12.6. The normalized spacial score (nSPS) is 12.8.